The van der Waals surface area contributed by atoms with Crippen LogP contribution in [0.5, 0.6) is 17.2 Å². The molecule has 0 fully saturated rings. The monoisotopic (exact) mass is 482 g/mol. The molecule has 1 aliphatic heterocycles. The molecule has 0 aliphatic carbocycles. The van der Waals surface area contributed by atoms with Crippen LogP contribution in [-0.2, 0) is 0 Å². The van der Waals surface area contributed by atoms with E-state index in [0.29, 0.717) is 36.8 Å². The molecule has 1 N–H and O–H groups in total. The first-order valence-corrected chi connectivity index (χ1v) is 12.4. The van der Waals surface area contributed by atoms with Gasteiger partial charge in [0, 0.05) is 37.3 Å². The van der Waals surface area contributed by atoms with Crippen molar-refractivity contribution in [3.63, 3.8) is 0 Å². The minimum Gasteiger partial charge on any atom is -0.493 e. The van der Waals surface area contributed by atoms with E-state index >= 15 is 0 Å². The van der Waals surface area contributed by atoms with Crippen LogP contribution >= 0.6 is 0 Å². The first-order chi connectivity index (χ1) is 17.0. The fourth-order valence-electron chi connectivity index (χ4n) is 3.84. The number of methoxy groups -OCH3 is 1. The van der Waals surface area contributed by atoms with Gasteiger partial charge in [0.15, 0.2) is 11.5 Å². The van der Waals surface area contributed by atoms with E-state index in [4.69, 9.17) is 14.2 Å². The zero-order chi connectivity index (χ0) is 25.0. The Morgan fingerprint density at radius 1 is 1.09 bits per heavy atom. The van der Waals surface area contributed by atoms with Crippen molar-refractivity contribution in [3.8, 4) is 17.2 Å². The molecule has 0 saturated heterocycles. The molecule has 2 aromatic rings. The van der Waals surface area contributed by atoms with Crippen LogP contribution in [0.15, 0.2) is 47.6 Å². The minimum atomic E-state index is -0.115. The Labute approximate surface area is 208 Å². The molecule has 1 heterocycles. The van der Waals surface area contributed by atoms with Crippen LogP contribution in [0, 0.1) is 0 Å². The zero-order valence-electron chi connectivity index (χ0n) is 21.4. The second-order valence-electron chi connectivity index (χ2n) is 8.41. The van der Waals surface area contributed by atoms with E-state index in [1.165, 1.54) is 0 Å². The maximum Gasteiger partial charge on any atom is 0.273 e. The van der Waals surface area contributed by atoms with Gasteiger partial charge in [-0.2, -0.15) is 5.10 Å². The van der Waals surface area contributed by atoms with Crippen molar-refractivity contribution in [1.82, 2.24) is 15.2 Å². The Kier molecular flexibility index (Phi) is 10.4. The summed E-state index contributed by atoms with van der Waals surface area (Å²) in [6.07, 6.45) is 1.65. The van der Waals surface area contributed by atoms with E-state index in [1.54, 1.807) is 24.3 Å². The van der Waals surface area contributed by atoms with Crippen molar-refractivity contribution in [3.05, 3.63) is 53.6 Å². The van der Waals surface area contributed by atoms with Crippen molar-refractivity contribution >= 4 is 11.6 Å². The predicted octanol–water partition coefficient (Wildman–Crippen LogP) is 3.65. The van der Waals surface area contributed by atoms with Gasteiger partial charge in [0.25, 0.3) is 5.91 Å². The second-order valence-corrected chi connectivity index (χ2v) is 8.41. The second kappa shape index (κ2) is 13.7. The number of hydrazone groups is 1. The van der Waals surface area contributed by atoms with Gasteiger partial charge < -0.3 is 24.4 Å². The van der Waals surface area contributed by atoms with Gasteiger partial charge in [-0.25, -0.2) is 5.01 Å². The third-order valence-electron chi connectivity index (χ3n) is 5.82. The van der Waals surface area contributed by atoms with E-state index in [0.717, 1.165) is 56.0 Å². The first-order valence-electron chi connectivity index (χ1n) is 12.4. The van der Waals surface area contributed by atoms with E-state index in [-0.39, 0.29) is 5.91 Å². The van der Waals surface area contributed by atoms with Crippen molar-refractivity contribution in [2.45, 2.75) is 26.7 Å². The molecular weight excluding hydrogens is 444 g/mol. The SMILES string of the molecule is CCNCCN(C)CCOc1ccc(C(=O)N2CCCC(c3ccc(OC)c(OCC)c3)=N2)cc1. The highest BCUT2D eigenvalue weighted by atomic mass is 16.5. The van der Waals surface area contributed by atoms with Crippen LogP contribution in [0.25, 0.3) is 0 Å². The van der Waals surface area contributed by atoms with E-state index in [9.17, 15) is 4.79 Å². The zero-order valence-corrected chi connectivity index (χ0v) is 21.4. The Morgan fingerprint density at radius 3 is 2.60 bits per heavy atom. The van der Waals surface area contributed by atoms with E-state index < -0.39 is 0 Å². The fourth-order valence-corrected chi connectivity index (χ4v) is 3.84. The molecule has 1 aliphatic rings. The van der Waals surface area contributed by atoms with Crippen molar-refractivity contribution in [2.24, 2.45) is 5.10 Å². The third-order valence-corrected chi connectivity index (χ3v) is 5.82. The number of carbonyl (C=O) groups excluding carboxylic acids is 1. The van der Waals surface area contributed by atoms with Gasteiger partial charge in [-0.1, -0.05) is 6.92 Å². The van der Waals surface area contributed by atoms with Crippen LogP contribution in [0.4, 0.5) is 0 Å². The lowest BCUT2D eigenvalue weighted by Crippen LogP contribution is -2.32. The number of nitrogens with zero attached hydrogens (tertiary/aromatic N) is 3. The number of benzene rings is 2. The highest BCUT2D eigenvalue weighted by Gasteiger charge is 2.21. The average molecular weight is 483 g/mol. The van der Waals surface area contributed by atoms with Gasteiger partial charge in [-0.15, -0.1) is 0 Å². The molecule has 8 nitrogen and oxygen atoms in total. The van der Waals surface area contributed by atoms with Crippen LogP contribution in [0.2, 0.25) is 0 Å². The van der Waals surface area contributed by atoms with Crippen molar-refractivity contribution in [1.29, 1.82) is 0 Å². The normalized spacial score (nSPS) is 13.5. The number of hydrogen-bond acceptors (Lipinski definition) is 7. The van der Waals surface area contributed by atoms with Crippen LogP contribution in [-0.4, -0.2) is 81.6 Å². The molecule has 0 radical (unpaired) electrons. The van der Waals surface area contributed by atoms with Gasteiger partial charge in [-0.05, 0) is 75.8 Å². The molecular formula is C27H38N4O4. The summed E-state index contributed by atoms with van der Waals surface area (Å²) in [5.74, 6) is 2.00. The smallest absolute Gasteiger partial charge is 0.273 e. The molecule has 2 aromatic carbocycles. The summed E-state index contributed by atoms with van der Waals surface area (Å²) in [7, 11) is 3.70. The number of amides is 1. The average Bonchev–Trinajstić information content (AvgIpc) is 2.89. The van der Waals surface area contributed by atoms with E-state index in [1.807, 2.05) is 37.3 Å². The topological polar surface area (TPSA) is 75.6 Å². The van der Waals surface area contributed by atoms with Crippen LogP contribution < -0.4 is 19.5 Å². The number of ether oxygens (including phenoxy) is 3. The van der Waals surface area contributed by atoms with Gasteiger partial charge in [0.2, 0.25) is 0 Å². The Bertz CT molecular complexity index is 978. The Balaban J connectivity index is 1.60. The maximum absolute atomic E-state index is 13.1. The maximum atomic E-state index is 13.1. The van der Waals surface area contributed by atoms with Crippen LogP contribution in [0.3, 0.4) is 0 Å². The van der Waals surface area contributed by atoms with Crippen molar-refractivity contribution < 1.29 is 19.0 Å². The predicted molar refractivity (Wildman–Crippen MR) is 139 cm³/mol. The van der Waals surface area contributed by atoms with Gasteiger partial charge in [0.05, 0.1) is 19.4 Å². The summed E-state index contributed by atoms with van der Waals surface area (Å²) < 4.78 is 16.9. The molecule has 0 atom stereocenters. The number of likely N-dealkylation sites (N-methyl/N-ethyl adjacent to an activating group) is 2. The molecule has 190 valence electrons. The lowest BCUT2D eigenvalue weighted by atomic mass is 10.0. The standard InChI is InChI=1S/C27H38N4O4/c1-5-28-15-17-30(3)18-19-35-23-12-9-21(10-13-23)27(32)31-16-7-8-24(29-31)22-11-14-25(33-4)26(20-22)34-6-2/h9-14,20,28H,5-8,15-19H2,1-4H3. The minimum absolute atomic E-state index is 0.115. The molecule has 0 unspecified atom stereocenters. The first kappa shape index (κ1) is 26.5. The summed E-state index contributed by atoms with van der Waals surface area (Å²) >= 11 is 0. The largest absolute Gasteiger partial charge is 0.493 e. The number of carbonyl (C=O) groups is 1. The molecule has 0 saturated carbocycles. The third kappa shape index (κ3) is 7.70. The molecule has 0 spiro atoms. The molecule has 1 amide bonds. The summed E-state index contributed by atoms with van der Waals surface area (Å²) in [6, 6.07) is 13.1. The summed E-state index contributed by atoms with van der Waals surface area (Å²) in [6.45, 7) is 9.55. The summed E-state index contributed by atoms with van der Waals surface area (Å²) in [4.78, 5) is 15.3. The van der Waals surface area contributed by atoms with Gasteiger partial charge in [-0.3, -0.25) is 4.79 Å². The molecule has 0 bridgehead atoms. The quantitative estimate of drug-likeness (QED) is 0.439. The molecule has 3 rings (SSSR count). The fraction of sp³-hybridized carbons (Fsp3) is 0.481. The number of nitrogens with one attached hydrogen (secondary N) is 1. The van der Waals surface area contributed by atoms with Crippen molar-refractivity contribution in [2.75, 3.05) is 60.1 Å². The molecule has 35 heavy (non-hydrogen) atoms. The van der Waals surface area contributed by atoms with Gasteiger partial charge in [0.1, 0.15) is 12.4 Å². The lowest BCUT2D eigenvalue weighted by molar-refractivity contribution is 0.0751. The van der Waals surface area contributed by atoms with Crippen LogP contribution in [0.1, 0.15) is 42.6 Å². The molecule has 0 aromatic heterocycles. The molecule has 8 heteroatoms. The summed E-state index contributed by atoms with van der Waals surface area (Å²) in [5.41, 5.74) is 2.40. The van der Waals surface area contributed by atoms with Gasteiger partial charge >= 0.3 is 0 Å². The summed E-state index contributed by atoms with van der Waals surface area (Å²) in [5, 5.41) is 9.54. The lowest BCUT2D eigenvalue weighted by Gasteiger charge is -2.24. The highest BCUT2D eigenvalue weighted by molar-refractivity contribution is 6.03. The number of rotatable bonds is 13. The highest BCUT2D eigenvalue weighted by Crippen LogP contribution is 2.29. The van der Waals surface area contributed by atoms with E-state index in [2.05, 4.69) is 29.3 Å². The number of hydrogen-bond donors (Lipinski definition) is 1. The Hall–Kier alpha value is -3.10. The Morgan fingerprint density at radius 2 is 1.89 bits per heavy atom.